The Balaban J connectivity index is 2.17. The summed E-state index contributed by atoms with van der Waals surface area (Å²) in [5, 5.41) is 9.38. The number of alkyl halides is 1. The lowest BCUT2D eigenvalue weighted by molar-refractivity contribution is 0.0687. The summed E-state index contributed by atoms with van der Waals surface area (Å²) in [6.45, 7) is 0.465. The van der Waals surface area contributed by atoms with E-state index in [1.165, 1.54) is 24.3 Å². The number of hydrogen-bond donors (Lipinski definition) is 1. The number of carbonyl (C=O) groups is 1. The second kappa shape index (κ2) is 7.17. The predicted molar refractivity (Wildman–Crippen MR) is 92.2 cm³/mol. The molecule has 26 heavy (non-hydrogen) atoms. The largest absolute Gasteiger partial charge is 0.476 e. The highest BCUT2D eigenvalue weighted by atomic mass is 79.9. The van der Waals surface area contributed by atoms with E-state index in [0.29, 0.717) is 0 Å². The average Bonchev–Trinajstić information content (AvgIpc) is 2.79. The van der Waals surface area contributed by atoms with Crippen molar-refractivity contribution in [2.75, 3.05) is 13.2 Å². The number of carboxylic acid groups (broad SMARTS) is 1. The van der Waals surface area contributed by atoms with Crippen LogP contribution in [0, 0.1) is 0 Å². The third-order valence-electron chi connectivity index (χ3n) is 3.59. The van der Waals surface area contributed by atoms with Crippen molar-refractivity contribution in [3.8, 4) is 5.75 Å². The fourth-order valence-electron chi connectivity index (χ4n) is 2.39. The van der Waals surface area contributed by atoms with E-state index in [0.717, 1.165) is 4.57 Å². The average molecular weight is 445 g/mol. The lowest BCUT2D eigenvalue weighted by Crippen LogP contribution is -2.31. The van der Waals surface area contributed by atoms with E-state index in [4.69, 9.17) is 8.92 Å². The van der Waals surface area contributed by atoms with Gasteiger partial charge in [-0.25, -0.2) is 9.78 Å². The van der Waals surface area contributed by atoms with Gasteiger partial charge < -0.3 is 14.0 Å². The van der Waals surface area contributed by atoms with Crippen LogP contribution < -0.4 is 9.74 Å². The Bertz CT molecular complexity index is 1000. The van der Waals surface area contributed by atoms with E-state index in [1.807, 2.05) is 0 Å². The van der Waals surface area contributed by atoms with Gasteiger partial charge in [0.05, 0.1) is 24.6 Å². The first-order chi connectivity index (χ1) is 12.3. The number of benzene rings is 1. The van der Waals surface area contributed by atoms with Crippen LogP contribution in [-0.4, -0.2) is 42.3 Å². The Labute approximate surface area is 156 Å². The summed E-state index contributed by atoms with van der Waals surface area (Å²) in [7, 11) is -4.40. The van der Waals surface area contributed by atoms with Crippen LogP contribution in [0.2, 0.25) is 0 Å². The lowest BCUT2D eigenvalue weighted by Gasteiger charge is -2.15. The zero-order chi connectivity index (χ0) is 18.9. The van der Waals surface area contributed by atoms with E-state index < -0.39 is 37.9 Å². The molecule has 1 aliphatic heterocycles. The molecule has 1 aromatic carbocycles. The van der Waals surface area contributed by atoms with E-state index in [9.17, 15) is 23.1 Å². The summed E-state index contributed by atoms with van der Waals surface area (Å²) in [4.78, 5) is 27.5. The smallest absolute Gasteiger partial charge is 0.358 e. The van der Waals surface area contributed by atoms with Gasteiger partial charge in [0.1, 0.15) is 10.7 Å². The zero-order valence-corrected chi connectivity index (χ0v) is 15.6. The number of hydrogen-bond acceptors (Lipinski definition) is 7. The molecule has 1 N–H and O–H groups in total. The molecule has 1 aliphatic rings. The summed E-state index contributed by atoms with van der Waals surface area (Å²) in [6, 6.07) is 7.10. The molecule has 1 atom stereocenters. The maximum atomic E-state index is 12.7. The first-order valence-electron chi connectivity index (χ1n) is 7.40. The lowest BCUT2D eigenvalue weighted by atomic mass is 10.3. The van der Waals surface area contributed by atoms with Gasteiger partial charge in [-0.3, -0.25) is 9.36 Å². The van der Waals surface area contributed by atoms with Gasteiger partial charge in [0.25, 0.3) is 5.56 Å². The van der Waals surface area contributed by atoms with Crippen molar-refractivity contribution in [3.63, 3.8) is 0 Å². The van der Waals surface area contributed by atoms with E-state index in [-0.39, 0.29) is 30.5 Å². The normalized spacial score (nSPS) is 17.2. The van der Waals surface area contributed by atoms with Crippen LogP contribution in [0.1, 0.15) is 21.1 Å². The van der Waals surface area contributed by atoms with Crippen molar-refractivity contribution in [1.82, 2.24) is 9.55 Å². The van der Waals surface area contributed by atoms with Crippen LogP contribution in [0.5, 0.6) is 5.75 Å². The van der Waals surface area contributed by atoms with Crippen LogP contribution in [0.3, 0.4) is 0 Å². The van der Waals surface area contributed by atoms with Gasteiger partial charge in [0, 0.05) is 0 Å². The number of halogens is 1. The molecule has 1 unspecified atom stereocenters. The fourth-order valence-corrected chi connectivity index (χ4v) is 3.88. The summed E-state index contributed by atoms with van der Waals surface area (Å²) in [5.74, 6) is -2.30. The first kappa shape index (κ1) is 18.5. The van der Waals surface area contributed by atoms with E-state index in [1.54, 1.807) is 6.07 Å². The molecule has 138 valence electrons. The van der Waals surface area contributed by atoms with E-state index in [2.05, 4.69) is 20.9 Å². The van der Waals surface area contributed by atoms with Crippen molar-refractivity contribution in [3.05, 3.63) is 52.2 Å². The van der Waals surface area contributed by atoms with Crippen molar-refractivity contribution in [2.45, 2.75) is 16.3 Å². The first-order valence-corrected chi connectivity index (χ1v) is 9.73. The minimum absolute atomic E-state index is 0.0882. The third kappa shape index (κ3) is 3.50. The minimum Gasteiger partial charge on any atom is -0.476 e. The number of aromatic nitrogens is 2. The van der Waals surface area contributed by atoms with Crippen LogP contribution in [0.15, 0.2) is 40.0 Å². The highest BCUT2D eigenvalue weighted by molar-refractivity contribution is 9.09. The Hall–Kier alpha value is -2.24. The van der Waals surface area contributed by atoms with Gasteiger partial charge in [0.15, 0.2) is 5.69 Å². The monoisotopic (exact) mass is 444 g/mol. The molecule has 3 rings (SSSR count). The van der Waals surface area contributed by atoms with Crippen LogP contribution in [-0.2, 0) is 21.4 Å². The molecule has 0 aliphatic carbocycles. The third-order valence-corrected chi connectivity index (χ3v) is 5.50. The molecule has 0 bridgehead atoms. The van der Waals surface area contributed by atoms with Crippen LogP contribution in [0.25, 0.3) is 0 Å². The quantitative estimate of drug-likeness (QED) is 0.550. The Kier molecular flexibility index (Phi) is 5.12. The Morgan fingerprint density at radius 3 is 2.69 bits per heavy atom. The molecule has 0 spiro atoms. The summed E-state index contributed by atoms with van der Waals surface area (Å²) < 4.78 is 36.1. The minimum atomic E-state index is -4.40. The molecule has 0 fully saturated rings. The van der Waals surface area contributed by atoms with Crippen molar-refractivity contribution < 1.29 is 27.2 Å². The number of aromatic carboxylic acids is 1. The number of fused-ring (bicyclic) bond motifs is 1. The summed E-state index contributed by atoms with van der Waals surface area (Å²) in [5.41, 5.74) is -1.67. The fraction of sp³-hybridized carbons (Fsp3) is 0.267. The zero-order valence-electron chi connectivity index (χ0n) is 13.2. The molecule has 0 saturated heterocycles. The Morgan fingerprint density at radius 2 is 2.04 bits per heavy atom. The Morgan fingerprint density at radius 1 is 1.35 bits per heavy atom. The molecule has 0 saturated carbocycles. The molecule has 2 heterocycles. The van der Waals surface area contributed by atoms with Crippen LogP contribution in [0.4, 0.5) is 0 Å². The van der Waals surface area contributed by atoms with Gasteiger partial charge in [-0.1, -0.05) is 34.1 Å². The molecule has 9 nitrogen and oxygen atoms in total. The van der Waals surface area contributed by atoms with Crippen molar-refractivity contribution in [1.29, 1.82) is 0 Å². The summed E-state index contributed by atoms with van der Waals surface area (Å²) >= 11 is 3.28. The second-order valence-corrected chi connectivity index (χ2v) is 7.95. The van der Waals surface area contributed by atoms with Crippen LogP contribution >= 0.6 is 15.9 Å². The topological polar surface area (TPSA) is 125 Å². The molecule has 0 amide bonds. The number of ether oxygens (including phenoxy) is 1. The summed E-state index contributed by atoms with van der Waals surface area (Å²) in [6.07, 6.45) is 0. The molecule has 1 aromatic heterocycles. The SMILES string of the molecule is O=C(O)c1nc2n(c(=O)c1OS(=O)(=O)c1ccccc1)CCOCC2Br. The second-order valence-electron chi connectivity index (χ2n) is 5.30. The van der Waals surface area contributed by atoms with Gasteiger partial charge in [-0.2, -0.15) is 8.42 Å². The standard InChI is InChI=1S/C15H13BrN2O7S/c16-10-8-24-7-6-18-13(10)17-11(15(20)21)12(14(18)19)25-26(22,23)9-4-2-1-3-5-9/h1-5,10H,6-8H2,(H,20,21). The molecular weight excluding hydrogens is 432 g/mol. The highest BCUT2D eigenvalue weighted by Gasteiger charge is 2.30. The van der Waals surface area contributed by atoms with Crippen molar-refractivity contribution in [2.24, 2.45) is 0 Å². The maximum Gasteiger partial charge on any atom is 0.358 e. The van der Waals surface area contributed by atoms with Gasteiger partial charge in [-0.05, 0) is 12.1 Å². The van der Waals surface area contributed by atoms with Gasteiger partial charge >= 0.3 is 16.1 Å². The predicted octanol–water partition coefficient (Wildman–Crippen LogP) is 1.18. The number of nitrogens with zero attached hydrogens (tertiary/aromatic N) is 2. The maximum absolute atomic E-state index is 12.7. The van der Waals surface area contributed by atoms with Gasteiger partial charge in [0.2, 0.25) is 5.75 Å². The van der Waals surface area contributed by atoms with Gasteiger partial charge in [-0.15, -0.1) is 0 Å². The van der Waals surface area contributed by atoms with E-state index >= 15 is 0 Å². The highest BCUT2D eigenvalue weighted by Crippen LogP contribution is 2.26. The molecule has 11 heteroatoms. The van der Waals surface area contributed by atoms with Crippen molar-refractivity contribution >= 4 is 32.0 Å². The number of carboxylic acids is 1. The molecular formula is C15H13BrN2O7S. The number of rotatable bonds is 4. The molecule has 0 radical (unpaired) electrons. The molecule has 2 aromatic rings.